The highest BCUT2D eigenvalue weighted by Crippen LogP contribution is 2.34. The highest BCUT2D eigenvalue weighted by molar-refractivity contribution is 5.94. The Morgan fingerprint density at radius 3 is 2.29 bits per heavy atom. The average Bonchev–Trinajstić information content (AvgIpc) is 2.84. The van der Waals surface area contributed by atoms with Gasteiger partial charge in [0, 0.05) is 24.3 Å². The van der Waals surface area contributed by atoms with Gasteiger partial charge in [-0.1, -0.05) is 43.5 Å². The van der Waals surface area contributed by atoms with E-state index in [0.29, 0.717) is 11.4 Å². The van der Waals surface area contributed by atoms with Crippen LogP contribution in [-0.2, 0) is 4.74 Å². The fraction of sp³-hybridized carbons (Fsp3) is 0.536. The third-order valence-corrected chi connectivity index (χ3v) is 6.72. The van der Waals surface area contributed by atoms with E-state index in [2.05, 4.69) is 0 Å². The second kappa shape index (κ2) is 10.6. The van der Waals surface area contributed by atoms with Gasteiger partial charge in [-0.05, 0) is 76.6 Å². The molecule has 0 N–H and O–H groups in total. The summed E-state index contributed by atoms with van der Waals surface area (Å²) in [6.07, 6.45) is 9.87. The fourth-order valence-electron chi connectivity index (χ4n) is 5.08. The molecule has 4 rings (SSSR count). The second-order valence-corrected chi connectivity index (χ2v) is 10.5. The van der Waals surface area contributed by atoms with E-state index in [1.165, 1.54) is 6.42 Å². The number of rotatable bonds is 4. The van der Waals surface area contributed by atoms with E-state index < -0.39 is 5.60 Å². The molecule has 2 aliphatic rings. The Balaban J connectivity index is 1.57. The van der Waals surface area contributed by atoms with E-state index in [9.17, 15) is 9.59 Å². The van der Waals surface area contributed by atoms with Gasteiger partial charge in [0.15, 0.2) is 0 Å². The zero-order chi connectivity index (χ0) is 24.1. The summed E-state index contributed by atoms with van der Waals surface area (Å²) in [7, 11) is 0. The Labute approximate surface area is 203 Å². The molecule has 1 aromatic carbocycles. The van der Waals surface area contributed by atoms with Gasteiger partial charge >= 0.3 is 6.09 Å². The number of aromatic nitrogens is 1. The maximum Gasteiger partial charge on any atom is 0.416 e. The highest BCUT2D eigenvalue weighted by Gasteiger charge is 2.33. The van der Waals surface area contributed by atoms with Gasteiger partial charge in [0.1, 0.15) is 11.4 Å². The van der Waals surface area contributed by atoms with Crippen LogP contribution in [0.5, 0.6) is 0 Å². The van der Waals surface area contributed by atoms with Crippen LogP contribution in [0.25, 0.3) is 0 Å². The largest absolute Gasteiger partial charge is 0.443 e. The second-order valence-electron chi connectivity index (χ2n) is 10.5. The van der Waals surface area contributed by atoms with Crippen LogP contribution in [0.2, 0.25) is 0 Å². The third-order valence-electron chi connectivity index (χ3n) is 6.72. The number of pyridine rings is 1. The number of ether oxygens (including phenoxy) is 1. The van der Waals surface area contributed by atoms with Crippen LogP contribution >= 0.6 is 0 Å². The molecule has 2 fully saturated rings. The number of hydrogen-bond acceptors (Lipinski definition) is 4. The van der Waals surface area contributed by atoms with Crippen LogP contribution in [-0.4, -0.2) is 40.1 Å². The lowest BCUT2D eigenvalue weighted by atomic mass is 9.94. The molecule has 2 amide bonds. The first kappa shape index (κ1) is 24.2. The number of anilines is 1. The van der Waals surface area contributed by atoms with Gasteiger partial charge in [-0.25, -0.2) is 9.78 Å². The van der Waals surface area contributed by atoms with Gasteiger partial charge in [-0.3, -0.25) is 9.69 Å². The molecule has 1 aliphatic heterocycles. The van der Waals surface area contributed by atoms with Crippen molar-refractivity contribution >= 4 is 17.8 Å². The van der Waals surface area contributed by atoms with E-state index in [1.54, 1.807) is 4.90 Å². The minimum absolute atomic E-state index is 0.00679. The van der Waals surface area contributed by atoms with Crippen molar-refractivity contribution in [1.82, 2.24) is 9.88 Å². The van der Waals surface area contributed by atoms with Crippen LogP contribution in [0.4, 0.5) is 10.6 Å². The quantitative estimate of drug-likeness (QED) is 0.518. The number of carbonyl (C=O) groups excluding carboxylic acids is 2. The van der Waals surface area contributed by atoms with Crippen LogP contribution in [0.15, 0.2) is 48.7 Å². The average molecular weight is 464 g/mol. The Hall–Kier alpha value is -2.89. The minimum atomic E-state index is -0.565. The topological polar surface area (TPSA) is 62.7 Å². The Morgan fingerprint density at radius 2 is 1.65 bits per heavy atom. The lowest BCUT2D eigenvalue weighted by molar-refractivity contribution is 0.0556. The maximum atomic E-state index is 13.2. The van der Waals surface area contributed by atoms with Gasteiger partial charge in [0.2, 0.25) is 0 Å². The first-order valence-electron chi connectivity index (χ1n) is 12.7. The molecule has 182 valence electrons. The molecular weight excluding hydrogens is 426 g/mol. The molecule has 34 heavy (non-hydrogen) atoms. The van der Waals surface area contributed by atoms with Crippen molar-refractivity contribution in [3.8, 4) is 0 Å². The van der Waals surface area contributed by atoms with Gasteiger partial charge in [-0.2, -0.15) is 0 Å². The van der Waals surface area contributed by atoms with Crippen LogP contribution in [0.3, 0.4) is 0 Å². The van der Waals surface area contributed by atoms with Crippen LogP contribution in [0.1, 0.15) is 94.1 Å². The number of carbonyl (C=O) groups is 2. The molecule has 2 aromatic rings. The molecule has 1 aliphatic carbocycles. The summed E-state index contributed by atoms with van der Waals surface area (Å²) in [4.78, 5) is 34.8. The number of nitrogens with zero attached hydrogens (tertiary/aromatic N) is 3. The van der Waals surface area contributed by atoms with Crippen molar-refractivity contribution < 1.29 is 14.3 Å². The van der Waals surface area contributed by atoms with E-state index in [1.807, 2.05) is 74.3 Å². The summed E-state index contributed by atoms with van der Waals surface area (Å²) in [5, 5.41) is 0. The Morgan fingerprint density at radius 1 is 0.941 bits per heavy atom. The molecule has 0 spiro atoms. The monoisotopic (exact) mass is 463 g/mol. The number of amides is 2. The highest BCUT2D eigenvalue weighted by atomic mass is 16.6. The lowest BCUT2D eigenvalue weighted by Gasteiger charge is -2.37. The van der Waals surface area contributed by atoms with Crippen molar-refractivity contribution in [2.24, 2.45) is 0 Å². The van der Waals surface area contributed by atoms with Gasteiger partial charge < -0.3 is 9.64 Å². The number of likely N-dealkylation sites (tertiary alicyclic amines) is 1. The smallest absolute Gasteiger partial charge is 0.416 e. The predicted octanol–water partition coefficient (Wildman–Crippen LogP) is 6.52. The van der Waals surface area contributed by atoms with E-state index in [0.717, 1.165) is 57.1 Å². The first-order valence-corrected chi connectivity index (χ1v) is 12.7. The zero-order valence-corrected chi connectivity index (χ0v) is 20.7. The Kier molecular flexibility index (Phi) is 7.54. The molecule has 1 saturated carbocycles. The molecule has 2 heterocycles. The molecular formula is C28H37N3O3. The Bertz CT molecular complexity index is 963. The van der Waals surface area contributed by atoms with Gasteiger partial charge in [0.05, 0.1) is 6.04 Å². The maximum absolute atomic E-state index is 13.2. The minimum Gasteiger partial charge on any atom is -0.443 e. The molecule has 1 unspecified atom stereocenters. The van der Waals surface area contributed by atoms with Crippen molar-refractivity contribution in [2.75, 3.05) is 11.4 Å². The van der Waals surface area contributed by atoms with Crippen LogP contribution < -0.4 is 4.90 Å². The van der Waals surface area contributed by atoms with Gasteiger partial charge in [0.25, 0.3) is 5.91 Å². The van der Waals surface area contributed by atoms with E-state index >= 15 is 0 Å². The summed E-state index contributed by atoms with van der Waals surface area (Å²) >= 11 is 0. The summed E-state index contributed by atoms with van der Waals surface area (Å²) < 4.78 is 5.75. The van der Waals surface area contributed by atoms with Crippen molar-refractivity contribution in [3.63, 3.8) is 0 Å². The summed E-state index contributed by atoms with van der Waals surface area (Å²) in [5.74, 6) is 0.689. The normalized spacial score (nSPS) is 19.5. The standard InChI is InChI=1S/C28H37N3O3/c1-28(2,3)34-27(33)31(23-14-8-5-9-15-23)25-18-17-22(20-29-25)24-16-10-11-19-30(24)26(32)21-12-6-4-7-13-21/h4,6-7,12-13,17-18,20,23-24H,5,8-11,14-16,19H2,1-3H3. The lowest BCUT2D eigenvalue weighted by Crippen LogP contribution is -2.45. The van der Waals surface area contributed by atoms with E-state index in [4.69, 9.17) is 9.72 Å². The molecule has 0 bridgehead atoms. The predicted molar refractivity (Wildman–Crippen MR) is 134 cm³/mol. The summed E-state index contributed by atoms with van der Waals surface area (Å²) in [5.41, 5.74) is 1.16. The molecule has 1 aromatic heterocycles. The molecule has 6 nitrogen and oxygen atoms in total. The fourth-order valence-corrected chi connectivity index (χ4v) is 5.08. The van der Waals surface area contributed by atoms with Crippen LogP contribution in [0, 0.1) is 0 Å². The summed E-state index contributed by atoms with van der Waals surface area (Å²) in [6, 6.07) is 13.5. The number of benzene rings is 1. The van der Waals surface area contributed by atoms with E-state index in [-0.39, 0.29) is 24.1 Å². The van der Waals surface area contributed by atoms with Crippen molar-refractivity contribution in [3.05, 3.63) is 59.8 Å². The molecule has 6 heteroatoms. The number of piperidine rings is 1. The summed E-state index contributed by atoms with van der Waals surface area (Å²) in [6.45, 7) is 6.41. The van der Waals surface area contributed by atoms with Gasteiger partial charge in [-0.15, -0.1) is 0 Å². The number of hydrogen-bond donors (Lipinski definition) is 0. The van der Waals surface area contributed by atoms with Crippen molar-refractivity contribution in [2.45, 2.75) is 89.8 Å². The molecule has 1 atom stereocenters. The molecule has 1 saturated heterocycles. The first-order chi connectivity index (χ1) is 16.3. The van der Waals surface area contributed by atoms with Crippen molar-refractivity contribution in [1.29, 1.82) is 0 Å². The zero-order valence-electron chi connectivity index (χ0n) is 20.7. The SMILES string of the molecule is CC(C)(C)OC(=O)N(c1ccc(C2CCCCN2C(=O)c2ccccc2)cn1)C1CCCCC1. The molecule has 0 radical (unpaired) electrons. The third kappa shape index (κ3) is 5.78.